The van der Waals surface area contributed by atoms with Crippen LogP contribution in [0.2, 0.25) is 0 Å². The van der Waals surface area contributed by atoms with Crippen LogP contribution in [-0.2, 0) is 14.3 Å². The van der Waals surface area contributed by atoms with Crippen LogP contribution in [-0.4, -0.2) is 49.6 Å². The molecule has 0 aromatic heterocycles. The van der Waals surface area contributed by atoms with Gasteiger partial charge in [-0.1, -0.05) is 0 Å². The fourth-order valence-electron chi connectivity index (χ4n) is 1.87. The highest BCUT2D eigenvalue weighted by Gasteiger charge is 2.42. The second-order valence-corrected chi connectivity index (χ2v) is 4.14. The third-order valence-corrected chi connectivity index (χ3v) is 2.89. The Morgan fingerprint density at radius 2 is 2.20 bits per heavy atom. The lowest BCUT2D eigenvalue weighted by Crippen LogP contribution is -2.59. The maximum Gasteiger partial charge on any atom is 0.245 e. The predicted molar refractivity (Wildman–Crippen MR) is 53.1 cm³/mol. The number of nitrogens with one attached hydrogen (secondary N) is 1. The molecule has 0 aromatic rings. The van der Waals surface area contributed by atoms with Crippen LogP contribution < -0.4 is 5.32 Å². The number of nitrogens with zero attached hydrogens (tertiary/aromatic N) is 1. The summed E-state index contributed by atoms with van der Waals surface area (Å²) in [5, 5.41) is 2.76. The van der Waals surface area contributed by atoms with Crippen molar-refractivity contribution in [3.05, 3.63) is 0 Å². The van der Waals surface area contributed by atoms with E-state index in [-0.39, 0.29) is 24.4 Å². The van der Waals surface area contributed by atoms with Gasteiger partial charge in [0, 0.05) is 13.7 Å². The minimum absolute atomic E-state index is 0.0501. The number of piperazine rings is 1. The Balaban J connectivity index is 1.97. The first kappa shape index (κ1) is 10.4. The number of amides is 2. The van der Waals surface area contributed by atoms with Crippen LogP contribution in [0.1, 0.15) is 12.8 Å². The molecule has 2 aliphatic rings. The van der Waals surface area contributed by atoms with Gasteiger partial charge in [-0.15, -0.1) is 0 Å². The van der Waals surface area contributed by atoms with Gasteiger partial charge in [-0.2, -0.15) is 0 Å². The van der Waals surface area contributed by atoms with Gasteiger partial charge < -0.3 is 15.0 Å². The van der Waals surface area contributed by atoms with Gasteiger partial charge in [-0.3, -0.25) is 9.59 Å². The predicted octanol–water partition coefficient (Wildman–Crippen LogP) is -0.630. The Morgan fingerprint density at radius 3 is 2.80 bits per heavy atom. The lowest BCUT2D eigenvalue weighted by molar-refractivity contribution is -0.145. The van der Waals surface area contributed by atoms with Gasteiger partial charge in [0.2, 0.25) is 11.8 Å². The van der Waals surface area contributed by atoms with Crippen molar-refractivity contribution in [2.24, 2.45) is 5.92 Å². The Bertz CT molecular complexity index is 276. The van der Waals surface area contributed by atoms with Crippen LogP contribution in [0.3, 0.4) is 0 Å². The number of ether oxygens (including phenoxy) is 1. The quantitative estimate of drug-likeness (QED) is 0.675. The molecule has 0 aromatic carbocycles. The summed E-state index contributed by atoms with van der Waals surface area (Å²) >= 11 is 0. The lowest BCUT2D eigenvalue weighted by atomic mass is 10.1. The van der Waals surface area contributed by atoms with E-state index in [0.29, 0.717) is 19.1 Å². The highest BCUT2D eigenvalue weighted by Crippen LogP contribution is 2.34. The van der Waals surface area contributed by atoms with Gasteiger partial charge in [0.05, 0.1) is 13.2 Å². The van der Waals surface area contributed by atoms with Crippen LogP contribution in [0.25, 0.3) is 0 Å². The molecular formula is C10H16N2O3. The molecule has 84 valence electrons. The minimum atomic E-state index is -0.275. The molecule has 15 heavy (non-hydrogen) atoms. The first-order valence-electron chi connectivity index (χ1n) is 5.29. The van der Waals surface area contributed by atoms with Crippen molar-refractivity contribution in [3.8, 4) is 0 Å². The van der Waals surface area contributed by atoms with Crippen molar-refractivity contribution in [2.75, 3.05) is 26.8 Å². The Hall–Kier alpha value is -1.10. The number of rotatable bonds is 4. The van der Waals surface area contributed by atoms with Crippen LogP contribution in [0.4, 0.5) is 0 Å². The number of methoxy groups -OCH3 is 1. The molecule has 2 rings (SSSR count). The standard InChI is InChI=1S/C10H16N2O3/c1-15-5-4-12-6-8(13)11-9(10(12)14)7-2-3-7/h7,9H,2-6H2,1H3,(H,11,13). The van der Waals surface area contributed by atoms with Crippen molar-refractivity contribution in [1.82, 2.24) is 10.2 Å². The molecule has 0 spiro atoms. The van der Waals surface area contributed by atoms with Crippen LogP contribution in [0, 0.1) is 5.92 Å². The Labute approximate surface area is 88.8 Å². The molecule has 5 nitrogen and oxygen atoms in total. The zero-order valence-electron chi connectivity index (χ0n) is 8.86. The van der Waals surface area contributed by atoms with E-state index in [1.165, 1.54) is 0 Å². The SMILES string of the molecule is COCCN1CC(=O)NC(C2CC2)C1=O. The molecular weight excluding hydrogens is 196 g/mol. The van der Waals surface area contributed by atoms with Gasteiger partial charge in [-0.25, -0.2) is 0 Å². The van der Waals surface area contributed by atoms with Crippen LogP contribution in [0.15, 0.2) is 0 Å². The lowest BCUT2D eigenvalue weighted by Gasteiger charge is -2.32. The summed E-state index contributed by atoms with van der Waals surface area (Å²) in [6.07, 6.45) is 2.10. The summed E-state index contributed by atoms with van der Waals surface area (Å²) in [7, 11) is 1.59. The van der Waals surface area contributed by atoms with Gasteiger partial charge in [0.15, 0.2) is 0 Å². The monoisotopic (exact) mass is 212 g/mol. The van der Waals surface area contributed by atoms with E-state index in [1.807, 2.05) is 0 Å². The van der Waals surface area contributed by atoms with Crippen molar-refractivity contribution in [2.45, 2.75) is 18.9 Å². The van der Waals surface area contributed by atoms with Gasteiger partial charge in [0.1, 0.15) is 6.04 Å². The zero-order chi connectivity index (χ0) is 10.8. The summed E-state index contributed by atoms with van der Waals surface area (Å²) in [6.45, 7) is 1.16. The summed E-state index contributed by atoms with van der Waals surface area (Å²) < 4.78 is 4.91. The van der Waals surface area contributed by atoms with E-state index in [0.717, 1.165) is 12.8 Å². The molecule has 1 heterocycles. The largest absolute Gasteiger partial charge is 0.383 e. The Kier molecular flexibility index (Phi) is 2.90. The fourth-order valence-corrected chi connectivity index (χ4v) is 1.87. The second kappa shape index (κ2) is 4.18. The number of carbonyl (C=O) groups is 2. The first-order valence-corrected chi connectivity index (χ1v) is 5.29. The molecule has 2 amide bonds. The molecule has 1 atom stereocenters. The number of hydrogen-bond donors (Lipinski definition) is 1. The summed E-state index contributed by atoms with van der Waals surface area (Å²) in [4.78, 5) is 24.9. The van der Waals surface area contributed by atoms with Crippen molar-refractivity contribution < 1.29 is 14.3 Å². The molecule has 1 saturated heterocycles. The van der Waals surface area contributed by atoms with E-state index >= 15 is 0 Å². The summed E-state index contributed by atoms with van der Waals surface area (Å²) in [6, 6.07) is -0.275. The highest BCUT2D eigenvalue weighted by atomic mass is 16.5. The highest BCUT2D eigenvalue weighted by molar-refractivity contribution is 5.95. The summed E-state index contributed by atoms with van der Waals surface area (Å²) in [5.41, 5.74) is 0. The molecule has 5 heteroatoms. The third-order valence-electron chi connectivity index (χ3n) is 2.89. The molecule has 0 bridgehead atoms. The normalized spacial score (nSPS) is 26.7. The molecule has 1 N–H and O–H groups in total. The smallest absolute Gasteiger partial charge is 0.245 e. The van der Waals surface area contributed by atoms with Gasteiger partial charge >= 0.3 is 0 Å². The van der Waals surface area contributed by atoms with Crippen molar-refractivity contribution in [1.29, 1.82) is 0 Å². The molecule has 0 radical (unpaired) electrons. The van der Waals surface area contributed by atoms with Crippen LogP contribution >= 0.6 is 0 Å². The Morgan fingerprint density at radius 1 is 1.47 bits per heavy atom. The average Bonchev–Trinajstić information content (AvgIpc) is 3.02. The first-order chi connectivity index (χ1) is 7.22. The molecule has 1 aliphatic heterocycles. The molecule has 2 fully saturated rings. The zero-order valence-corrected chi connectivity index (χ0v) is 8.86. The molecule has 1 unspecified atom stereocenters. The maximum absolute atomic E-state index is 11.9. The van der Waals surface area contributed by atoms with E-state index in [9.17, 15) is 9.59 Å². The average molecular weight is 212 g/mol. The van der Waals surface area contributed by atoms with Crippen molar-refractivity contribution >= 4 is 11.8 Å². The van der Waals surface area contributed by atoms with E-state index in [2.05, 4.69) is 5.32 Å². The van der Waals surface area contributed by atoms with Crippen LogP contribution in [0.5, 0.6) is 0 Å². The minimum Gasteiger partial charge on any atom is -0.383 e. The van der Waals surface area contributed by atoms with E-state index < -0.39 is 0 Å². The third kappa shape index (κ3) is 2.28. The molecule has 1 aliphatic carbocycles. The van der Waals surface area contributed by atoms with Gasteiger partial charge in [-0.05, 0) is 18.8 Å². The van der Waals surface area contributed by atoms with E-state index in [4.69, 9.17) is 4.74 Å². The molecule has 1 saturated carbocycles. The van der Waals surface area contributed by atoms with Gasteiger partial charge in [0.25, 0.3) is 0 Å². The van der Waals surface area contributed by atoms with E-state index in [1.54, 1.807) is 12.0 Å². The fraction of sp³-hybridized carbons (Fsp3) is 0.800. The summed E-state index contributed by atoms with van der Waals surface area (Å²) in [5.74, 6) is 0.364. The number of hydrogen-bond acceptors (Lipinski definition) is 3. The second-order valence-electron chi connectivity index (χ2n) is 4.14. The number of carbonyl (C=O) groups excluding carboxylic acids is 2. The maximum atomic E-state index is 11.9. The van der Waals surface area contributed by atoms with Crippen molar-refractivity contribution in [3.63, 3.8) is 0 Å². The topological polar surface area (TPSA) is 58.6 Å².